The number of guanidine groups is 1. The smallest absolute Gasteiger partial charge is 0.241 e. The first kappa shape index (κ1) is 20.5. The molecule has 0 aliphatic heterocycles. The van der Waals surface area contributed by atoms with Gasteiger partial charge in [-0.25, -0.2) is 0 Å². The lowest BCUT2D eigenvalue weighted by molar-refractivity contribution is -0.127. The second-order valence-corrected chi connectivity index (χ2v) is 6.23. The van der Waals surface area contributed by atoms with E-state index in [0.29, 0.717) is 6.04 Å². The highest BCUT2D eigenvalue weighted by molar-refractivity contribution is 14.0. The third-order valence-electron chi connectivity index (χ3n) is 4.13. The number of aliphatic imine (C=N–C) groups is 1. The minimum atomic E-state index is 0. The van der Waals surface area contributed by atoms with E-state index in [1.54, 1.807) is 26.0 Å². The van der Waals surface area contributed by atoms with Crippen molar-refractivity contribution in [3.63, 3.8) is 0 Å². The zero-order valence-corrected chi connectivity index (χ0v) is 16.3. The fourth-order valence-electron chi connectivity index (χ4n) is 2.67. The number of nitrogens with zero attached hydrogens (tertiary/aromatic N) is 2. The van der Waals surface area contributed by atoms with Crippen LogP contribution in [0.25, 0.3) is 0 Å². The maximum absolute atomic E-state index is 11.6. The Bertz CT molecular complexity index is 345. The van der Waals surface area contributed by atoms with Gasteiger partial charge in [0.25, 0.3) is 0 Å². The Balaban J connectivity index is 0.00000400. The van der Waals surface area contributed by atoms with Gasteiger partial charge in [-0.15, -0.1) is 24.0 Å². The van der Waals surface area contributed by atoms with Gasteiger partial charge in [-0.2, -0.15) is 0 Å². The molecule has 2 atom stereocenters. The highest BCUT2D eigenvalue weighted by Crippen LogP contribution is 2.29. The highest BCUT2D eigenvalue weighted by Gasteiger charge is 2.24. The fraction of sp³-hybridized carbons (Fsp3) is 0.867. The van der Waals surface area contributed by atoms with Crippen LogP contribution >= 0.6 is 24.0 Å². The molecule has 1 aliphatic rings. The van der Waals surface area contributed by atoms with E-state index in [1.165, 1.54) is 25.7 Å². The normalized spacial score (nSPS) is 22.5. The summed E-state index contributed by atoms with van der Waals surface area (Å²) in [5.74, 6) is 2.32. The molecule has 124 valence electrons. The van der Waals surface area contributed by atoms with Crippen molar-refractivity contribution < 1.29 is 4.79 Å². The van der Waals surface area contributed by atoms with Crippen LogP contribution in [0.2, 0.25) is 0 Å². The molecule has 0 saturated heterocycles. The van der Waals surface area contributed by atoms with Crippen molar-refractivity contribution in [2.45, 2.75) is 45.6 Å². The van der Waals surface area contributed by atoms with Crippen molar-refractivity contribution in [2.24, 2.45) is 16.8 Å². The van der Waals surface area contributed by atoms with E-state index in [1.807, 2.05) is 0 Å². The molecule has 0 heterocycles. The summed E-state index contributed by atoms with van der Waals surface area (Å²) >= 11 is 0. The van der Waals surface area contributed by atoms with E-state index >= 15 is 0 Å². The minimum absolute atomic E-state index is 0. The Kier molecular flexibility index (Phi) is 9.98. The molecule has 0 aromatic heterocycles. The molecule has 0 aromatic rings. The molecule has 2 unspecified atom stereocenters. The van der Waals surface area contributed by atoms with E-state index in [2.05, 4.69) is 29.5 Å². The van der Waals surface area contributed by atoms with Gasteiger partial charge < -0.3 is 15.5 Å². The predicted molar refractivity (Wildman–Crippen MR) is 99.2 cm³/mol. The summed E-state index contributed by atoms with van der Waals surface area (Å²) in [5.41, 5.74) is 0. The predicted octanol–water partition coefficient (Wildman–Crippen LogP) is 2.07. The van der Waals surface area contributed by atoms with Crippen LogP contribution in [-0.4, -0.2) is 50.5 Å². The monoisotopic (exact) mass is 410 g/mol. The minimum Gasteiger partial charge on any atom is -0.354 e. The molecule has 0 radical (unpaired) electrons. The molecule has 1 aliphatic carbocycles. The maximum atomic E-state index is 11.6. The van der Waals surface area contributed by atoms with E-state index < -0.39 is 0 Å². The molecule has 1 saturated carbocycles. The molecule has 2 N–H and O–H groups in total. The third kappa shape index (κ3) is 7.33. The van der Waals surface area contributed by atoms with Crippen LogP contribution in [-0.2, 0) is 4.79 Å². The number of carbonyl (C=O) groups is 1. The van der Waals surface area contributed by atoms with E-state index in [0.717, 1.165) is 17.8 Å². The molecule has 0 aromatic carbocycles. The third-order valence-corrected chi connectivity index (χ3v) is 4.13. The Morgan fingerprint density at radius 1 is 1.33 bits per heavy atom. The zero-order chi connectivity index (χ0) is 15.1. The van der Waals surface area contributed by atoms with Gasteiger partial charge in [-0.3, -0.25) is 9.79 Å². The first-order valence-electron chi connectivity index (χ1n) is 7.61. The molecule has 1 fully saturated rings. The van der Waals surface area contributed by atoms with Crippen LogP contribution in [0, 0.1) is 11.8 Å². The Morgan fingerprint density at radius 2 is 2.00 bits per heavy atom. The lowest BCUT2D eigenvalue weighted by Crippen LogP contribution is -2.48. The van der Waals surface area contributed by atoms with Crippen molar-refractivity contribution in [3.05, 3.63) is 0 Å². The first-order chi connectivity index (χ1) is 9.43. The number of amides is 1. The summed E-state index contributed by atoms with van der Waals surface area (Å²) in [6.45, 7) is 4.89. The summed E-state index contributed by atoms with van der Waals surface area (Å²) in [6, 6.07) is 0.469. The maximum Gasteiger partial charge on any atom is 0.241 e. The number of halogens is 1. The van der Waals surface area contributed by atoms with Crippen LogP contribution in [0.1, 0.15) is 39.5 Å². The summed E-state index contributed by atoms with van der Waals surface area (Å²) in [5, 5.41) is 6.54. The van der Waals surface area contributed by atoms with Gasteiger partial charge in [0.2, 0.25) is 5.91 Å². The van der Waals surface area contributed by atoms with Crippen molar-refractivity contribution in [3.8, 4) is 0 Å². The van der Waals surface area contributed by atoms with Gasteiger partial charge in [-0.05, 0) is 24.7 Å². The van der Waals surface area contributed by atoms with Crippen LogP contribution in [0.15, 0.2) is 4.99 Å². The summed E-state index contributed by atoms with van der Waals surface area (Å²) in [7, 11) is 5.27. The molecule has 0 bridgehead atoms. The molecular weight excluding hydrogens is 379 g/mol. The molecule has 1 rings (SSSR count). The first-order valence-corrected chi connectivity index (χ1v) is 7.61. The second-order valence-electron chi connectivity index (χ2n) is 6.23. The van der Waals surface area contributed by atoms with Gasteiger partial charge in [0.15, 0.2) is 5.96 Å². The highest BCUT2D eigenvalue weighted by atomic mass is 127. The molecule has 5 nitrogen and oxygen atoms in total. The van der Waals surface area contributed by atoms with Crippen molar-refractivity contribution >= 4 is 35.8 Å². The molecular formula is C15H31IN4O. The Morgan fingerprint density at radius 3 is 2.52 bits per heavy atom. The van der Waals surface area contributed by atoms with Gasteiger partial charge in [-0.1, -0.05) is 26.7 Å². The molecule has 6 heteroatoms. The van der Waals surface area contributed by atoms with Gasteiger partial charge >= 0.3 is 0 Å². The summed E-state index contributed by atoms with van der Waals surface area (Å²) in [4.78, 5) is 17.4. The average molecular weight is 410 g/mol. The van der Waals surface area contributed by atoms with Gasteiger partial charge in [0, 0.05) is 27.2 Å². The Labute approximate surface area is 146 Å². The fourth-order valence-corrected chi connectivity index (χ4v) is 2.67. The number of likely N-dealkylation sites (N-methyl/N-ethyl adjacent to an activating group) is 1. The average Bonchev–Trinajstić information content (AvgIpc) is 2.43. The largest absolute Gasteiger partial charge is 0.354 e. The lowest BCUT2D eigenvalue weighted by Gasteiger charge is -2.33. The number of hydrogen-bond donors (Lipinski definition) is 2. The Hall–Kier alpha value is -0.530. The van der Waals surface area contributed by atoms with E-state index in [-0.39, 0.29) is 36.4 Å². The zero-order valence-electron chi connectivity index (χ0n) is 14.0. The number of nitrogens with one attached hydrogen (secondary N) is 2. The molecule has 21 heavy (non-hydrogen) atoms. The van der Waals surface area contributed by atoms with Crippen molar-refractivity contribution in [1.29, 1.82) is 0 Å². The lowest BCUT2D eigenvalue weighted by atomic mass is 9.79. The molecule has 1 amide bonds. The van der Waals surface area contributed by atoms with Crippen LogP contribution in [0.5, 0.6) is 0 Å². The van der Waals surface area contributed by atoms with Crippen LogP contribution < -0.4 is 10.6 Å². The SMILES string of the molecule is CN=C(NCC(=O)N(C)C)NC1CCCC(C(C)C)C1.I. The number of carbonyl (C=O) groups excluding carboxylic acids is 1. The number of hydrogen-bond acceptors (Lipinski definition) is 2. The quantitative estimate of drug-likeness (QED) is 0.424. The second kappa shape index (κ2) is 10.2. The number of rotatable bonds is 4. The summed E-state index contributed by atoms with van der Waals surface area (Å²) < 4.78 is 0. The van der Waals surface area contributed by atoms with Crippen molar-refractivity contribution in [1.82, 2.24) is 15.5 Å². The van der Waals surface area contributed by atoms with Crippen LogP contribution in [0.4, 0.5) is 0 Å². The molecule has 0 spiro atoms. The van der Waals surface area contributed by atoms with E-state index in [9.17, 15) is 4.79 Å². The standard InChI is InChI=1S/C15H30N4O.HI/c1-11(2)12-7-6-8-13(9-12)18-15(16-3)17-10-14(20)19(4)5;/h11-13H,6-10H2,1-5H3,(H2,16,17,18);1H. The van der Waals surface area contributed by atoms with Gasteiger partial charge in [0.1, 0.15) is 0 Å². The van der Waals surface area contributed by atoms with Crippen molar-refractivity contribution in [2.75, 3.05) is 27.7 Å². The topological polar surface area (TPSA) is 56.7 Å². The van der Waals surface area contributed by atoms with Crippen LogP contribution in [0.3, 0.4) is 0 Å². The van der Waals surface area contributed by atoms with E-state index in [4.69, 9.17) is 0 Å². The summed E-state index contributed by atoms with van der Waals surface area (Å²) in [6.07, 6.45) is 4.99. The van der Waals surface area contributed by atoms with Gasteiger partial charge in [0.05, 0.1) is 6.54 Å².